The Labute approximate surface area is 117 Å². The second-order valence-corrected chi connectivity index (χ2v) is 4.16. The topological polar surface area (TPSA) is 74.8 Å². The van der Waals surface area contributed by atoms with Crippen LogP contribution in [0.25, 0.3) is 0 Å². The fourth-order valence-corrected chi connectivity index (χ4v) is 1.73. The van der Waals surface area contributed by atoms with Gasteiger partial charge >= 0.3 is 12.1 Å². The number of aromatic nitrogens is 5. The van der Waals surface area contributed by atoms with Crippen LogP contribution in [0.2, 0.25) is 0 Å². The van der Waals surface area contributed by atoms with E-state index in [-0.39, 0.29) is 13.2 Å². The molecular weight excluding hydrogens is 291 g/mol. The lowest BCUT2D eigenvalue weighted by molar-refractivity contribution is -0.144. The highest BCUT2D eigenvalue weighted by Gasteiger charge is 2.42. The molecule has 7 nitrogen and oxygen atoms in total. The van der Waals surface area contributed by atoms with E-state index in [9.17, 15) is 18.0 Å². The molecule has 2 aromatic heterocycles. The summed E-state index contributed by atoms with van der Waals surface area (Å²) in [7, 11) is 1.64. The molecule has 0 aromatic carbocycles. The quantitative estimate of drug-likeness (QED) is 0.795. The number of nitrogens with zero attached hydrogens (tertiary/aromatic N) is 5. The molecule has 0 saturated carbocycles. The van der Waals surface area contributed by atoms with Gasteiger partial charge in [-0.2, -0.15) is 13.2 Å². The molecule has 2 rings (SSSR count). The fraction of sp³-hybridized carbons (Fsp3) is 0.455. The van der Waals surface area contributed by atoms with E-state index in [1.807, 2.05) is 0 Å². The maximum atomic E-state index is 13.1. The van der Waals surface area contributed by atoms with Gasteiger partial charge in [0.1, 0.15) is 0 Å². The van der Waals surface area contributed by atoms with Gasteiger partial charge in [-0.05, 0) is 6.92 Å². The van der Waals surface area contributed by atoms with Crippen LogP contribution in [0.1, 0.15) is 28.8 Å². The van der Waals surface area contributed by atoms with Gasteiger partial charge in [-0.1, -0.05) is 5.21 Å². The number of aryl methyl sites for hydroxylation is 1. The van der Waals surface area contributed by atoms with Crippen molar-refractivity contribution >= 4 is 5.97 Å². The first-order valence-electron chi connectivity index (χ1n) is 5.97. The summed E-state index contributed by atoms with van der Waals surface area (Å²) in [5.41, 5.74) is -1.59. The first kappa shape index (κ1) is 15.0. The molecule has 0 unspecified atom stereocenters. The van der Waals surface area contributed by atoms with Crippen LogP contribution in [0.4, 0.5) is 13.2 Å². The molecule has 0 fully saturated rings. The predicted molar refractivity (Wildman–Crippen MR) is 63.3 cm³/mol. The Morgan fingerprint density at radius 3 is 2.67 bits per heavy atom. The fourth-order valence-electron chi connectivity index (χ4n) is 1.73. The van der Waals surface area contributed by atoms with Crippen LogP contribution >= 0.6 is 0 Å². The SMILES string of the molecule is CCOC(=O)c1nnn(Cc2cncn2C)c1C(F)(F)F. The van der Waals surface area contributed by atoms with Gasteiger partial charge < -0.3 is 9.30 Å². The number of esters is 1. The van der Waals surface area contributed by atoms with Crippen molar-refractivity contribution in [2.45, 2.75) is 19.6 Å². The largest absolute Gasteiger partial charge is 0.461 e. The van der Waals surface area contributed by atoms with Crippen molar-refractivity contribution in [3.63, 3.8) is 0 Å². The summed E-state index contributed by atoms with van der Waals surface area (Å²) < 4.78 is 46.1. The predicted octanol–water partition coefficient (Wildman–Crippen LogP) is 1.26. The zero-order chi connectivity index (χ0) is 15.6. The summed E-state index contributed by atoms with van der Waals surface area (Å²) in [6, 6.07) is 0. The molecule has 0 aliphatic heterocycles. The third kappa shape index (κ3) is 3.03. The molecule has 2 aromatic rings. The number of hydrogen-bond acceptors (Lipinski definition) is 5. The zero-order valence-corrected chi connectivity index (χ0v) is 11.3. The first-order valence-corrected chi connectivity index (χ1v) is 5.97. The highest BCUT2D eigenvalue weighted by molar-refractivity contribution is 5.88. The molecule has 0 spiro atoms. The van der Waals surface area contributed by atoms with Gasteiger partial charge in [0.15, 0.2) is 5.69 Å². The van der Waals surface area contributed by atoms with Crippen molar-refractivity contribution in [3.8, 4) is 0 Å². The highest BCUT2D eigenvalue weighted by Crippen LogP contribution is 2.31. The Hall–Kier alpha value is -2.39. The van der Waals surface area contributed by atoms with Crippen molar-refractivity contribution < 1.29 is 22.7 Å². The molecule has 0 aliphatic rings. The molecule has 0 N–H and O–H groups in total. The van der Waals surface area contributed by atoms with Gasteiger partial charge in [-0.25, -0.2) is 14.5 Å². The zero-order valence-electron chi connectivity index (χ0n) is 11.3. The maximum absolute atomic E-state index is 13.1. The van der Waals surface area contributed by atoms with E-state index in [0.717, 1.165) is 0 Å². The minimum absolute atomic E-state index is 0.0509. The highest BCUT2D eigenvalue weighted by atomic mass is 19.4. The van der Waals surface area contributed by atoms with E-state index < -0.39 is 23.5 Å². The van der Waals surface area contributed by atoms with Crippen LogP contribution < -0.4 is 0 Å². The lowest BCUT2D eigenvalue weighted by Gasteiger charge is -2.11. The van der Waals surface area contributed by atoms with Crippen LogP contribution in [-0.2, 0) is 24.5 Å². The first-order chi connectivity index (χ1) is 9.84. The number of carbonyl (C=O) groups excluding carboxylic acids is 1. The Morgan fingerprint density at radius 1 is 1.43 bits per heavy atom. The average Bonchev–Trinajstić information content (AvgIpc) is 2.97. The van der Waals surface area contributed by atoms with Gasteiger partial charge in [-0.3, -0.25) is 0 Å². The van der Waals surface area contributed by atoms with Crippen molar-refractivity contribution in [3.05, 3.63) is 29.6 Å². The Bertz CT molecular complexity index is 647. The minimum Gasteiger partial charge on any atom is -0.461 e. The molecule has 0 bridgehead atoms. The number of carbonyl (C=O) groups is 1. The van der Waals surface area contributed by atoms with Gasteiger partial charge in [-0.15, -0.1) is 5.10 Å². The molecule has 0 atom stereocenters. The number of hydrogen-bond donors (Lipinski definition) is 0. The van der Waals surface area contributed by atoms with Crippen molar-refractivity contribution in [1.82, 2.24) is 24.5 Å². The van der Waals surface area contributed by atoms with Crippen molar-refractivity contribution in [1.29, 1.82) is 0 Å². The van der Waals surface area contributed by atoms with E-state index in [4.69, 9.17) is 0 Å². The standard InChI is InChI=1S/C11H12F3N5O2/c1-3-21-10(20)8-9(11(12,13)14)19(17-16-8)5-7-4-15-6-18(7)2/h4,6H,3,5H2,1-2H3. The van der Waals surface area contributed by atoms with Gasteiger partial charge in [0, 0.05) is 7.05 Å². The summed E-state index contributed by atoms with van der Waals surface area (Å²) in [4.78, 5) is 15.3. The third-order valence-electron chi connectivity index (χ3n) is 2.70. The molecule has 21 heavy (non-hydrogen) atoms. The molecule has 2 heterocycles. The molecule has 0 aliphatic carbocycles. The third-order valence-corrected chi connectivity index (χ3v) is 2.70. The summed E-state index contributed by atoms with van der Waals surface area (Å²) >= 11 is 0. The van der Waals surface area contributed by atoms with E-state index in [0.29, 0.717) is 10.4 Å². The summed E-state index contributed by atoms with van der Waals surface area (Å²) in [6.07, 6.45) is -1.91. The van der Waals surface area contributed by atoms with Crippen molar-refractivity contribution in [2.75, 3.05) is 6.61 Å². The monoisotopic (exact) mass is 303 g/mol. The summed E-state index contributed by atoms with van der Waals surface area (Å²) in [5, 5.41) is 6.71. The van der Waals surface area contributed by atoms with Gasteiger partial charge in [0.25, 0.3) is 0 Å². The molecule has 0 radical (unpaired) electrons. The Morgan fingerprint density at radius 2 is 2.14 bits per heavy atom. The van der Waals surface area contributed by atoms with E-state index in [1.54, 1.807) is 11.6 Å². The lowest BCUT2D eigenvalue weighted by Crippen LogP contribution is -2.20. The summed E-state index contributed by atoms with van der Waals surface area (Å²) in [5.74, 6) is -1.15. The molecule has 114 valence electrons. The maximum Gasteiger partial charge on any atom is 0.435 e. The average molecular weight is 303 g/mol. The van der Waals surface area contributed by atoms with Crippen LogP contribution in [-0.4, -0.2) is 37.1 Å². The minimum atomic E-state index is -4.77. The van der Waals surface area contributed by atoms with Crippen LogP contribution in [0.5, 0.6) is 0 Å². The van der Waals surface area contributed by atoms with Crippen LogP contribution in [0, 0.1) is 0 Å². The number of halogens is 3. The van der Waals surface area contributed by atoms with E-state index >= 15 is 0 Å². The van der Waals surface area contributed by atoms with Crippen molar-refractivity contribution in [2.24, 2.45) is 7.05 Å². The van der Waals surface area contributed by atoms with Gasteiger partial charge in [0.05, 0.1) is 31.4 Å². The Kier molecular flexibility index (Phi) is 3.96. The van der Waals surface area contributed by atoms with Crippen LogP contribution in [0.15, 0.2) is 12.5 Å². The number of alkyl halides is 3. The molecule has 0 saturated heterocycles. The number of imidazole rings is 1. The number of rotatable bonds is 4. The van der Waals surface area contributed by atoms with Gasteiger partial charge in [0.2, 0.25) is 5.69 Å². The smallest absolute Gasteiger partial charge is 0.435 e. The van der Waals surface area contributed by atoms with E-state index in [1.165, 1.54) is 19.4 Å². The van der Waals surface area contributed by atoms with Crippen LogP contribution in [0.3, 0.4) is 0 Å². The molecule has 10 heteroatoms. The second-order valence-electron chi connectivity index (χ2n) is 4.16. The molecular formula is C11H12F3N5O2. The second kappa shape index (κ2) is 5.54. The Balaban J connectivity index is 2.42. The number of ether oxygens (including phenoxy) is 1. The van der Waals surface area contributed by atoms with E-state index in [2.05, 4.69) is 20.0 Å². The lowest BCUT2D eigenvalue weighted by atomic mass is 10.3. The normalized spacial score (nSPS) is 11.7. The summed E-state index contributed by atoms with van der Waals surface area (Å²) in [6.45, 7) is 1.23. The molecule has 0 amide bonds.